The van der Waals surface area contributed by atoms with E-state index < -0.39 is 30.1 Å². The van der Waals surface area contributed by atoms with Gasteiger partial charge in [-0.25, -0.2) is 9.59 Å². The van der Waals surface area contributed by atoms with Crippen LogP contribution in [0.25, 0.3) is 11.1 Å². The number of amides is 1. The lowest BCUT2D eigenvalue weighted by atomic mass is 9.71. The zero-order chi connectivity index (χ0) is 23.1. The molecule has 1 aliphatic heterocycles. The first kappa shape index (κ1) is 22.1. The molecule has 8 heteroatoms. The number of nitrogens with one attached hydrogen (secondary N) is 1. The van der Waals surface area contributed by atoms with Crippen LogP contribution in [0.4, 0.5) is 4.79 Å². The smallest absolute Gasteiger partial charge is 0.407 e. The number of hydrogen-bond donors (Lipinski definition) is 3. The number of aliphatic hydroxyl groups is 1. The Morgan fingerprint density at radius 3 is 2.66 bits per heavy atom. The van der Waals surface area contributed by atoms with Crippen molar-refractivity contribution >= 4 is 12.1 Å². The topological polar surface area (TPSA) is 114 Å². The molecule has 1 spiro atoms. The van der Waals surface area contributed by atoms with E-state index in [0.717, 1.165) is 11.1 Å². The normalized spacial score (nSPS) is 26.0. The van der Waals surface area contributed by atoms with Gasteiger partial charge in [0.1, 0.15) is 5.75 Å². The van der Waals surface area contributed by atoms with Crippen molar-refractivity contribution < 1.29 is 34.0 Å². The molecular weight excluding hydrogens is 414 g/mol. The highest BCUT2D eigenvalue weighted by molar-refractivity contribution is 5.96. The second-order valence-corrected chi connectivity index (χ2v) is 9.06. The maximum atomic E-state index is 11.9. The van der Waals surface area contributed by atoms with Gasteiger partial charge < -0.3 is 29.7 Å². The number of carbonyl (C=O) groups is 2. The van der Waals surface area contributed by atoms with Gasteiger partial charge in [0.05, 0.1) is 18.3 Å². The van der Waals surface area contributed by atoms with Crippen molar-refractivity contribution in [3.63, 3.8) is 0 Å². The molecule has 3 N–H and O–H groups in total. The Kier molecular flexibility index (Phi) is 5.60. The first-order valence-corrected chi connectivity index (χ1v) is 10.5. The van der Waals surface area contributed by atoms with Gasteiger partial charge >= 0.3 is 12.1 Å². The third-order valence-electron chi connectivity index (χ3n) is 5.99. The number of ether oxygens (including phenoxy) is 3. The molecule has 1 amide bonds. The second kappa shape index (κ2) is 8.11. The zero-order valence-electron chi connectivity index (χ0n) is 18.3. The number of carboxylic acids is 1. The average molecular weight is 441 g/mol. The lowest BCUT2D eigenvalue weighted by Gasteiger charge is -2.51. The summed E-state index contributed by atoms with van der Waals surface area (Å²) >= 11 is 0. The minimum Gasteiger partial charge on any atom is -0.478 e. The van der Waals surface area contributed by atoms with Crippen LogP contribution in [0.5, 0.6) is 5.75 Å². The highest BCUT2D eigenvalue weighted by Gasteiger charge is 2.58. The molecule has 2 aromatic rings. The van der Waals surface area contributed by atoms with E-state index in [1.165, 1.54) is 7.05 Å². The summed E-state index contributed by atoms with van der Waals surface area (Å²) in [6.45, 7) is 4.17. The highest BCUT2D eigenvalue weighted by atomic mass is 16.7. The minimum atomic E-state index is -1.33. The molecule has 0 bridgehead atoms. The average Bonchev–Trinajstić information content (AvgIpc) is 2.75. The van der Waals surface area contributed by atoms with Crippen LogP contribution < -0.4 is 10.1 Å². The molecule has 0 saturated heterocycles. The van der Waals surface area contributed by atoms with Gasteiger partial charge in [0.25, 0.3) is 5.79 Å². The Morgan fingerprint density at radius 1 is 1.19 bits per heavy atom. The molecule has 4 rings (SSSR count). The molecule has 0 aromatic heterocycles. The monoisotopic (exact) mass is 441 g/mol. The molecule has 1 saturated carbocycles. The van der Waals surface area contributed by atoms with Gasteiger partial charge in [-0.05, 0) is 41.2 Å². The van der Waals surface area contributed by atoms with Crippen molar-refractivity contribution in [1.29, 1.82) is 0 Å². The summed E-state index contributed by atoms with van der Waals surface area (Å²) in [5, 5.41) is 22.7. The number of benzene rings is 2. The number of aromatic carboxylic acids is 1. The van der Waals surface area contributed by atoms with Crippen LogP contribution in [0, 0.1) is 5.41 Å². The van der Waals surface area contributed by atoms with Crippen LogP contribution in [-0.2, 0) is 16.1 Å². The van der Waals surface area contributed by atoms with E-state index in [2.05, 4.69) is 5.32 Å². The number of fused-ring (bicyclic) bond motifs is 1. The Morgan fingerprint density at radius 2 is 1.94 bits per heavy atom. The van der Waals surface area contributed by atoms with E-state index in [1.807, 2.05) is 19.9 Å². The van der Waals surface area contributed by atoms with Crippen LogP contribution in [0.2, 0.25) is 0 Å². The highest BCUT2D eigenvalue weighted by Crippen LogP contribution is 2.48. The molecule has 1 fully saturated rings. The summed E-state index contributed by atoms with van der Waals surface area (Å²) in [5.74, 6) is -1.79. The van der Waals surface area contributed by atoms with E-state index in [1.54, 1.807) is 36.4 Å². The number of carbonyl (C=O) groups excluding carboxylic acids is 1. The Bertz CT molecular complexity index is 1050. The number of alkyl carbamates (subject to hydrolysis) is 1. The standard InChI is InChI=1S/C24H27NO7/c1-23(2)11-18(26)20(31-22(29)25-3)24(13-23)30-12-15-10-14(8-9-19(15)32-24)16-6-4-5-7-17(16)21(27)28/h4-10,18,20,26H,11-13H2,1-3H3,(H,25,29)(H,27,28)/t18-,20-,24-/m1/s1. The van der Waals surface area contributed by atoms with Crippen molar-refractivity contribution in [3.05, 3.63) is 53.6 Å². The maximum Gasteiger partial charge on any atom is 0.407 e. The molecular formula is C24H27NO7. The largest absolute Gasteiger partial charge is 0.478 e. The Hall–Kier alpha value is -3.10. The molecule has 1 aliphatic carbocycles. The fourth-order valence-electron chi connectivity index (χ4n) is 4.67. The minimum absolute atomic E-state index is 0.162. The van der Waals surface area contributed by atoms with Crippen molar-refractivity contribution in [2.75, 3.05) is 7.05 Å². The van der Waals surface area contributed by atoms with Crippen LogP contribution >= 0.6 is 0 Å². The first-order chi connectivity index (χ1) is 15.1. The van der Waals surface area contributed by atoms with Crippen LogP contribution in [0.1, 0.15) is 42.6 Å². The molecule has 2 aromatic carbocycles. The summed E-state index contributed by atoms with van der Waals surface area (Å²) in [6.07, 6.45) is -1.79. The predicted molar refractivity (Wildman–Crippen MR) is 115 cm³/mol. The molecule has 2 aliphatic rings. The third-order valence-corrected chi connectivity index (χ3v) is 5.99. The van der Waals surface area contributed by atoms with E-state index in [9.17, 15) is 19.8 Å². The van der Waals surface area contributed by atoms with E-state index >= 15 is 0 Å². The van der Waals surface area contributed by atoms with Gasteiger partial charge in [-0.3, -0.25) is 0 Å². The first-order valence-electron chi connectivity index (χ1n) is 10.5. The number of aliphatic hydroxyl groups excluding tert-OH is 1. The summed E-state index contributed by atoms with van der Waals surface area (Å²) in [6, 6.07) is 12.2. The fraction of sp³-hybridized carbons (Fsp3) is 0.417. The Balaban J connectivity index is 1.69. The van der Waals surface area contributed by atoms with Gasteiger partial charge in [0.2, 0.25) is 0 Å². The van der Waals surface area contributed by atoms with Crippen molar-refractivity contribution in [2.45, 2.75) is 51.3 Å². The lowest BCUT2D eigenvalue weighted by molar-refractivity contribution is -0.304. The predicted octanol–water partition coefficient (Wildman–Crippen LogP) is 3.56. The van der Waals surface area contributed by atoms with Gasteiger partial charge in [-0.1, -0.05) is 38.1 Å². The number of hydrogen-bond acceptors (Lipinski definition) is 6. The quantitative estimate of drug-likeness (QED) is 0.667. The fourth-order valence-corrected chi connectivity index (χ4v) is 4.67. The Labute approximate surface area is 186 Å². The van der Waals surface area contributed by atoms with E-state index in [-0.39, 0.29) is 17.6 Å². The van der Waals surface area contributed by atoms with Gasteiger partial charge in [0.15, 0.2) is 6.10 Å². The van der Waals surface area contributed by atoms with Crippen LogP contribution in [0.3, 0.4) is 0 Å². The summed E-state index contributed by atoms with van der Waals surface area (Å²) in [7, 11) is 1.45. The third kappa shape index (κ3) is 4.03. The summed E-state index contributed by atoms with van der Waals surface area (Å²) in [5.41, 5.74) is 1.97. The van der Waals surface area contributed by atoms with Crippen LogP contribution in [-0.4, -0.2) is 47.3 Å². The second-order valence-electron chi connectivity index (χ2n) is 9.06. The molecule has 0 radical (unpaired) electrons. The molecule has 8 nitrogen and oxygen atoms in total. The summed E-state index contributed by atoms with van der Waals surface area (Å²) < 4.78 is 17.9. The molecule has 170 valence electrons. The molecule has 3 atom stereocenters. The van der Waals surface area contributed by atoms with E-state index in [4.69, 9.17) is 14.2 Å². The van der Waals surface area contributed by atoms with Crippen molar-refractivity contribution in [1.82, 2.24) is 5.32 Å². The summed E-state index contributed by atoms with van der Waals surface area (Å²) in [4.78, 5) is 23.6. The van der Waals surface area contributed by atoms with Gasteiger partial charge in [0, 0.05) is 19.0 Å². The van der Waals surface area contributed by atoms with Gasteiger partial charge in [-0.2, -0.15) is 0 Å². The number of carboxylic acid groups (broad SMARTS) is 1. The SMILES string of the molecule is CNC(=O)O[C@@H]1[C@H](O)CC(C)(C)C[C@]12OCc1cc(-c3ccccc3C(=O)O)ccc1O2. The molecule has 0 unspecified atom stereocenters. The maximum absolute atomic E-state index is 11.9. The van der Waals surface area contributed by atoms with E-state index in [0.29, 0.717) is 24.2 Å². The molecule has 32 heavy (non-hydrogen) atoms. The van der Waals surface area contributed by atoms with Crippen LogP contribution in [0.15, 0.2) is 42.5 Å². The lowest BCUT2D eigenvalue weighted by Crippen LogP contribution is -2.64. The van der Waals surface area contributed by atoms with Crippen molar-refractivity contribution in [2.24, 2.45) is 5.41 Å². The zero-order valence-corrected chi connectivity index (χ0v) is 18.3. The van der Waals surface area contributed by atoms with Gasteiger partial charge in [-0.15, -0.1) is 0 Å². The molecule has 1 heterocycles. The van der Waals surface area contributed by atoms with Crippen molar-refractivity contribution in [3.8, 4) is 16.9 Å². The number of rotatable bonds is 3.